The Morgan fingerprint density at radius 2 is 1.72 bits per heavy atom. The molecule has 3 rings (SSSR count). The van der Waals surface area contributed by atoms with Gasteiger partial charge in [-0.05, 0) is 31.2 Å². The quantitative estimate of drug-likeness (QED) is 0.374. The van der Waals surface area contributed by atoms with E-state index in [4.69, 9.17) is 9.47 Å². The molecular weight excluding hydrogens is 412 g/mol. The van der Waals surface area contributed by atoms with Crippen molar-refractivity contribution in [3.8, 4) is 28.8 Å². The van der Waals surface area contributed by atoms with Crippen LogP contribution < -0.4 is 19.7 Å². The SMILES string of the molecule is CC(=O)CNCCN(C)c1cncc(Oc2ccc(-c3ncc(OC(C)=O)cn3)cc2)n1. The molecule has 0 atom stereocenters. The number of hydrogen-bond acceptors (Lipinski definition) is 10. The molecule has 0 unspecified atom stereocenters. The summed E-state index contributed by atoms with van der Waals surface area (Å²) < 4.78 is 10.8. The fourth-order valence-electron chi connectivity index (χ4n) is 2.67. The number of carbonyl (C=O) groups excluding carboxylic acids is 2. The van der Waals surface area contributed by atoms with Crippen LogP contribution in [0.4, 0.5) is 5.82 Å². The number of hydrogen-bond donors (Lipinski definition) is 1. The molecule has 0 radical (unpaired) electrons. The van der Waals surface area contributed by atoms with Crippen LogP contribution in [0.1, 0.15) is 13.8 Å². The van der Waals surface area contributed by atoms with Gasteiger partial charge in [0.25, 0.3) is 0 Å². The van der Waals surface area contributed by atoms with E-state index in [1.54, 1.807) is 25.3 Å². The normalized spacial score (nSPS) is 10.5. The average molecular weight is 436 g/mol. The van der Waals surface area contributed by atoms with Crippen molar-refractivity contribution in [3.63, 3.8) is 0 Å². The number of Topliss-reactive ketones (excluding diaryl/α,β-unsaturated/α-hetero) is 1. The van der Waals surface area contributed by atoms with Gasteiger partial charge in [-0.25, -0.2) is 9.97 Å². The maximum atomic E-state index is 11.0. The molecule has 1 N–H and O–H groups in total. The third kappa shape index (κ3) is 6.81. The van der Waals surface area contributed by atoms with Gasteiger partial charge in [0.2, 0.25) is 5.88 Å². The van der Waals surface area contributed by atoms with Crippen LogP contribution in [0.2, 0.25) is 0 Å². The van der Waals surface area contributed by atoms with Gasteiger partial charge >= 0.3 is 5.97 Å². The maximum Gasteiger partial charge on any atom is 0.308 e. The molecule has 0 amide bonds. The summed E-state index contributed by atoms with van der Waals surface area (Å²) in [6, 6.07) is 7.20. The molecule has 0 saturated heterocycles. The predicted octanol–water partition coefficient (Wildman–Crippen LogP) is 2.27. The van der Waals surface area contributed by atoms with Crippen LogP contribution in [0.3, 0.4) is 0 Å². The summed E-state index contributed by atoms with van der Waals surface area (Å²) in [7, 11) is 1.89. The number of esters is 1. The van der Waals surface area contributed by atoms with Gasteiger partial charge in [-0.3, -0.25) is 14.6 Å². The summed E-state index contributed by atoms with van der Waals surface area (Å²) in [4.78, 5) is 41.0. The number of benzene rings is 1. The number of anilines is 1. The number of nitrogens with zero attached hydrogens (tertiary/aromatic N) is 5. The first-order valence-corrected chi connectivity index (χ1v) is 9.93. The first-order valence-electron chi connectivity index (χ1n) is 9.93. The minimum absolute atomic E-state index is 0.0967. The van der Waals surface area contributed by atoms with Crippen LogP contribution in [0.25, 0.3) is 11.4 Å². The topological polar surface area (TPSA) is 119 Å². The van der Waals surface area contributed by atoms with Crippen molar-refractivity contribution in [2.45, 2.75) is 13.8 Å². The molecule has 0 saturated carbocycles. The van der Waals surface area contributed by atoms with Crippen LogP contribution in [0, 0.1) is 0 Å². The number of ketones is 1. The lowest BCUT2D eigenvalue weighted by atomic mass is 10.2. The Morgan fingerprint density at radius 1 is 1.00 bits per heavy atom. The summed E-state index contributed by atoms with van der Waals surface area (Å²) >= 11 is 0. The van der Waals surface area contributed by atoms with Crippen molar-refractivity contribution >= 4 is 17.6 Å². The fourth-order valence-corrected chi connectivity index (χ4v) is 2.67. The van der Waals surface area contributed by atoms with Crippen molar-refractivity contribution < 1.29 is 19.1 Å². The molecule has 0 spiro atoms. The van der Waals surface area contributed by atoms with Gasteiger partial charge in [0.15, 0.2) is 17.4 Å². The van der Waals surface area contributed by atoms with Gasteiger partial charge in [-0.15, -0.1) is 0 Å². The molecule has 2 aromatic heterocycles. The Balaban J connectivity index is 1.60. The van der Waals surface area contributed by atoms with Crippen molar-refractivity contribution in [3.05, 3.63) is 49.1 Å². The first kappa shape index (κ1) is 22.8. The Labute approximate surface area is 185 Å². The molecule has 10 nitrogen and oxygen atoms in total. The van der Waals surface area contributed by atoms with Crippen LogP contribution >= 0.6 is 0 Å². The van der Waals surface area contributed by atoms with E-state index in [9.17, 15) is 9.59 Å². The highest BCUT2D eigenvalue weighted by Gasteiger charge is 2.08. The standard InChI is InChI=1S/C22H24N6O4/c1-15(29)10-23-8-9-28(3)20-13-24-14-21(27-20)32-18-6-4-17(5-7-18)22-25-11-19(12-26-22)31-16(2)30/h4-7,11-14,23H,8-10H2,1-3H3. The highest BCUT2D eigenvalue weighted by molar-refractivity contribution is 5.77. The Bertz CT molecular complexity index is 1060. The molecule has 0 aliphatic carbocycles. The molecule has 0 aliphatic heterocycles. The lowest BCUT2D eigenvalue weighted by Crippen LogP contribution is -2.32. The summed E-state index contributed by atoms with van der Waals surface area (Å²) in [5, 5.41) is 3.07. The molecule has 166 valence electrons. The van der Waals surface area contributed by atoms with Gasteiger partial charge in [0, 0.05) is 32.6 Å². The first-order chi connectivity index (χ1) is 15.4. The summed E-state index contributed by atoms with van der Waals surface area (Å²) in [5.74, 6) is 2.06. The number of aromatic nitrogens is 4. The molecule has 0 fully saturated rings. The lowest BCUT2D eigenvalue weighted by Gasteiger charge is -2.18. The van der Waals surface area contributed by atoms with E-state index in [1.165, 1.54) is 25.5 Å². The minimum atomic E-state index is -0.425. The van der Waals surface area contributed by atoms with Gasteiger partial charge < -0.3 is 19.7 Å². The van der Waals surface area contributed by atoms with Crippen molar-refractivity contribution in [2.75, 3.05) is 31.6 Å². The minimum Gasteiger partial charge on any atom is -0.437 e. The largest absolute Gasteiger partial charge is 0.437 e. The number of carbonyl (C=O) groups is 2. The monoisotopic (exact) mass is 436 g/mol. The van der Waals surface area contributed by atoms with Crippen molar-refractivity contribution in [1.82, 2.24) is 25.3 Å². The molecular formula is C22H24N6O4. The van der Waals surface area contributed by atoms with E-state index in [0.29, 0.717) is 48.7 Å². The molecule has 0 bridgehead atoms. The third-order valence-electron chi connectivity index (χ3n) is 4.21. The summed E-state index contributed by atoms with van der Waals surface area (Å²) in [6.07, 6.45) is 6.08. The molecule has 10 heteroatoms. The molecule has 1 aromatic carbocycles. The smallest absolute Gasteiger partial charge is 0.308 e. The van der Waals surface area contributed by atoms with Crippen LogP contribution in [0.5, 0.6) is 17.4 Å². The van der Waals surface area contributed by atoms with Gasteiger partial charge in [-0.2, -0.15) is 4.98 Å². The number of nitrogens with one attached hydrogen (secondary N) is 1. The third-order valence-corrected chi connectivity index (χ3v) is 4.21. The zero-order valence-corrected chi connectivity index (χ0v) is 18.1. The summed E-state index contributed by atoms with van der Waals surface area (Å²) in [6.45, 7) is 4.52. The van der Waals surface area contributed by atoms with Crippen molar-refractivity contribution in [1.29, 1.82) is 0 Å². The van der Waals surface area contributed by atoms with Crippen molar-refractivity contribution in [2.24, 2.45) is 0 Å². The van der Waals surface area contributed by atoms with E-state index in [-0.39, 0.29) is 5.78 Å². The van der Waals surface area contributed by atoms with E-state index in [2.05, 4.69) is 25.3 Å². The zero-order valence-electron chi connectivity index (χ0n) is 18.1. The maximum absolute atomic E-state index is 11.0. The highest BCUT2D eigenvalue weighted by Crippen LogP contribution is 2.24. The predicted molar refractivity (Wildman–Crippen MR) is 118 cm³/mol. The fraction of sp³-hybridized carbons (Fsp3) is 0.273. The lowest BCUT2D eigenvalue weighted by molar-refractivity contribution is -0.131. The molecule has 2 heterocycles. The van der Waals surface area contributed by atoms with Crippen LogP contribution in [-0.4, -0.2) is 58.4 Å². The zero-order chi connectivity index (χ0) is 22.9. The molecule has 32 heavy (non-hydrogen) atoms. The van der Waals surface area contributed by atoms with Crippen LogP contribution in [-0.2, 0) is 9.59 Å². The second-order valence-electron chi connectivity index (χ2n) is 6.98. The number of likely N-dealkylation sites (N-methyl/N-ethyl adjacent to an activating group) is 1. The highest BCUT2D eigenvalue weighted by atomic mass is 16.5. The van der Waals surface area contributed by atoms with E-state index < -0.39 is 5.97 Å². The average Bonchev–Trinajstić information content (AvgIpc) is 2.77. The van der Waals surface area contributed by atoms with E-state index >= 15 is 0 Å². The Hall–Kier alpha value is -3.92. The van der Waals surface area contributed by atoms with Gasteiger partial charge in [0.1, 0.15) is 11.5 Å². The number of rotatable bonds is 10. The Morgan fingerprint density at radius 3 is 2.38 bits per heavy atom. The molecule has 3 aromatic rings. The van der Waals surface area contributed by atoms with Gasteiger partial charge in [-0.1, -0.05) is 0 Å². The van der Waals surface area contributed by atoms with Gasteiger partial charge in [0.05, 0.1) is 31.3 Å². The summed E-state index contributed by atoms with van der Waals surface area (Å²) in [5.41, 5.74) is 0.782. The second kappa shape index (κ2) is 10.9. The number of ether oxygens (including phenoxy) is 2. The van der Waals surface area contributed by atoms with Crippen LogP contribution in [0.15, 0.2) is 49.1 Å². The Kier molecular flexibility index (Phi) is 7.76. The van der Waals surface area contributed by atoms with E-state index in [0.717, 1.165) is 5.56 Å². The van der Waals surface area contributed by atoms with E-state index in [1.807, 2.05) is 24.1 Å². The second-order valence-corrected chi connectivity index (χ2v) is 6.98. The molecule has 0 aliphatic rings.